The largest absolute Gasteiger partial charge is 0.467 e. The van der Waals surface area contributed by atoms with Gasteiger partial charge in [0.05, 0.1) is 13.7 Å². The average molecular weight is 423 g/mol. The van der Waals surface area contributed by atoms with Gasteiger partial charge in [-0.1, -0.05) is 28.1 Å². The fourth-order valence-electron chi connectivity index (χ4n) is 2.50. The quantitative estimate of drug-likeness (QED) is 0.698. The molecule has 7 heteroatoms. The lowest BCUT2D eigenvalue weighted by atomic mass is 9.92. The van der Waals surface area contributed by atoms with Crippen LogP contribution in [0.25, 0.3) is 0 Å². The smallest absolute Gasteiger partial charge is 0.330 e. The van der Waals surface area contributed by atoms with Crippen LogP contribution in [0.4, 0.5) is 10.1 Å². The number of amides is 1. The van der Waals surface area contributed by atoms with Crippen molar-refractivity contribution in [3.8, 4) is 0 Å². The Bertz CT molecular complexity index is 811. The number of hydrogen-bond donors (Lipinski definition) is 2. The predicted molar refractivity (Wildman–Crippen MR) is 101 cm³/mol. The molecule has 0 aliphatic heterocycles. The summed E-state index contributed by atoms with van der Waals surface area (Å²) in [6.07, 6.45) is 0. The van der Waals surface area contributed by atoms with Crippen LogP contribution in [0.1, 0.15) is 18.1 Å². The molecular formula is C19H20BrFN2O3. The van der Waals surface area contributed by atoms with E-state index < -0.39 is 17.3 Å². The highest BCUT2D eigenvalue weighted by Crippen LogP contribution is 2.23. The lowest BCUT2D eigenvalue weighted by Gasteiger charge is -2.28. The second-order valence-electron chi connectivity index (χ2n) is 5.98. The van der Waals surface area contributed by atoms with Crippen molar-refractivity contribution < 1.29 is 18.7 Å². The lowest BCUT2D eigenvalue weighted by Crippen LogP contribution is -2.50. The van der Waals surface area contributed by atoms with Gasteiger partial charge in [0.2, 0.25) is 5.91 Å². The van der Waals surface area contributed by atoms with E-state index >= 15 is 0 Å². The van der Waals surface area contributed by atoms with E-state index in [-0.39, 0.29) is 12.5 Å². The molecule has 0 radical (unpaired) electrons. The molecule has 1 atom stereocenters. The molecule has 138 valence electrons. The molecule has 2 rings (SSSR count). The van der Waals surface area contributed by atoms with Crippen molar-refractivity contribution in [1.29, 1.82) is 0 Å². The third-order valence-corrected chi connectivity index (χ3v) is 4.57. The zero-order valence-electron chi connectivity index (χ0n) is 14.7. The normalized spacial score (nSPS) is 13.0. The number of nitrogens with one attached hydrogen (secondary N) is 2. The van der Waals surface area contributed by atoms with Crippen LogP contribution < -0.4 is 10.6 Å². The first kappa shape index (κ1) is 20.1. The van der Waals surface area contributed by atoms with Crippen molar-refractivity contribution in [1.82, 2.24) is 5.32 Å². The maximum absolute atomic E-state index is 13.2. The Morgan fingerprint density at radius 1 is 1.19 bits per heavy atom. The number of esters is 1. The number of benzene rings is 2. The summed E-state index contributed by atoms with van der Waals surface area (Å²) in [5.41, 5.74) is 0.802. The number of ether oxygens (including phenoxy) is 1. The van der Waals surface area contributed by atoms with E-state index in [1.54, 1.807) is 13.0 Å². The molecule has 5 nitrogen and oxygen atoms in total. The molecule has 1 unspecified atom stereocenters. The first-order chi connectivity index (χ1) is 12.3. The highest BCUT2D eigenvalue weighted by atomic mass is 79.9. The monoisotopic (exact) mass is 422 g/mol. The van der Waals surface area contributed by atoms with E-state index in [4.69, 9.17) is 4.74 Å². The molecule has 2 aromatic rings. The van der Waals surface area contributed by atoms with Gasteiger partial charge in [0, 0.05) is 10.2 Å². The van der Waals surface area contributed by atoms with Crippen LogP contribution in [0.15, 0.2) is 46.9 Å². The van der Waals surface area contributed by atoms with Gasteiger partial charge in [0.15, 0.2) is 0 Å². The van der Waals surface area contributed by atoms with Crippen molar-refractivity contribution in [2.75, 3.05) is 19.0 Å². The Morgan fingerprint density at radius 3 is 2.42 bits per heavy atom. The summed E-state index contributed by atoms with van der Waals surface area (Å²) in [7, 11) is 1.26. The molecular weight excluding hydrogens is 403 g/mol. The van der Waals surface area contributed by atoms with Gasteiger partial charge in [0.1, 0.15) is 11.4 Å². The van der Waals surface area contributed by atoms with E-state index in [1.807, 2.05) is 19.1 Å². The van der Waals surface area contributed by atoms with E-state index in [9.17, 15) is 14.0 Å². The Labute approximate surface area is 160 Å². The van der Waals surface area contributed by atoms with Gasteiger partial charge in [-0.05, 0) is 55.3 Å². The molecule has 0 bridgehead atoms. The highest BCUT2D eigenvalue weighted by molar-refractivity contribution is 9.10. The molecule has 0 heterocycles. The first-order valence-electron chi connectivity index (χ1n) is 7.92. The number of halogens is 2. The predicted octanol–water partition coefficient (Wildman–Crippen LogP) is 3.51. The number of carbonyl (C=O) groups excluding carboxylic acids is 2. The van der Waals surface area contributed by atoms with Gasteiger partial charge >= 0.3 is 5.97 Å². The number of rotatable bonds is 6. The molecule has 0 aliphatic rings. The fraction of sp³-hybridized carbons (Fsp3) is 0.263. The zero-order valence-corrected chi connectivity index (χ0v) is 16.3. The minimum absolute atomic E-state index is 0.127. The molecule has 0 saturated heterocycles. The summed E-state index contributed by atoms with van der Waals surface area (Å²) in [6, 6.07) is 11.0. The lowest BCUT2D eigenvalue weighted by molar-refractivity contribution is -0.148. The summed E-state index contributed by atoms with van der Waals surface area (Å²) in [5.74, 6) is -1.30. The van der Waals surface area contributed by atoms with Crippen molar-refractivity contribution in [3.63, 3.8) is 0 Å². The Kier molecular flexibility index (Phi) is 6.50. The van der Waals surface area contributed by atoms with Crippen LogP contribution in [0.5, 0.6) is 0 Å². The Morgan fingerprint density at radius 2 is 1.85 bits per heavy atom. The average Bonchev–Trinajstić information content (AvgIpc) is 2.62. The summed E-state index contributed by atoms with van der Waals surface area (Å²) in [5, 5.41) is 5.71. The number of hydrogen-bond acceptors (Lipinski definition) is 4. The maximum Gasteiger partial charge on any atom is 0.330 e. The minimum atomic E-state index is -1.28. The summed E-state index contributed by atoms with van der Waals surface area (Å²) >= 11 is 3.37. The fourth-order valence-corrected chi connectivity index (χ4v) is 2.97. The van der Waals surface area contributed by atoms with Crippen LogP contribution >= 0.6 is 15.9 Å². The molecule has 2 aromatic carbocycles. The topological polar surface area (TPSA) is 67.4 Å². The Balaban J connectivity index is 2.12. The number of carbonyl (C=O) groups is 2. The molecule has 26 heavy (non-hydrogen) atoms. The van der Waals surface area contributed by atoms with Crippen molar-refractivity contribution in [3.05, 3.63) is 63.9 Å². The van der Waals surface area contributed by atoms with Crippen LogP contribution in [0.2, 0.25) is 0 Å². The van der Waals surface area contributed by atoms with E-state index in [1.165, 1.54) is 31.4 Å². The third-order valence-electron chi connectivity index (χ3n) is 4.08. The number of anilines is 1. The molecule has 0 fully saturated rings. The zero-order chi connectivity index (χ0) is 19.3. The molecule has 0 aliphatic carbocycles. The molecule has 0 spiro atoms. The van der Waals surface area contributed by atoms with Crippen molar-refractivity contribution in [2.45, 2.75) is 19.4 Å². The van der Waals surface area contributed by atoms with Crippen LogP contribution in [-0.2, 0) is 19.9 Å². The summed E-state index contributed by atoms with van der Waals surface area (Å²) < 4.78 is 18.9. The van der Waals surface area contributed by atoms with Crippen LogP contribution in [0, 0.1) is 12.7 Å². The highest BCUT2D eigenvalue weighted by Gasteiger charge is 2.36. The standard InChI is InChI=1S/C19H20BrFN2O3/c1-12-10-14(20)6-9-16(12)23-17(24)11-22-19(2,18(25)26-3)13-4-7-15(21)8-5-13/h4-10,22H,11H2,1-3H3,(H,23,24). The van der Waals surface area contributed by atoms with Gasteiger partial charge in [0.25, 0.3) is 0 Å². The second kappa shape index (κ2) is 8.42. The molecule has 0 aromatic heterocycles. The molecule has 2 N–H and O–H groups in total. The SMILES string of the molecule is COC(=O)C(C)(NCC(=O)Nc1ccc(Br)cc1C)c1ccc(F)cc1. The van der Waals surface area contributed by atoms with E-state index in [2.05, 4.69) is 26.6 Å². The molecule has 0 saturated carbocycles. The van der Waals surface area contributed by atoms with Gasteiger partial charge in [-0.3, -0.25) is 10.1 Å². The first-order valence-corrected chi connectivity index (χ1v) is 8.71. The maximum atomic E-state index is 13.2. The van der Waals surface area contributed by atoms with Gasteiger partial charge in [-0.15, -0.1) is 0 Å². The number of methoxy groups -OCH3 is 1. The number of aryl methyl sites for hydroxylation is 1. The van der Waals surface area contributed by atoms with Crippen LogP contribution in [0.3, 0.4) is 0 Å². The third kappa shape index (κ3) is 4.68. The van der Waals surface area contributed by atoms with Gasteiger partial charge < -0.3 is 10.1 Å². The summed E-state index contributed by atoms with van der Waals surface area (Å²) in [6.45, 7) is 3.34. The van der Waals surface area contributed by atoms with Gasteiger partial charge in [-0.2, -0.15) is 0 Å². The van der Waals surface area contributed by atoms with Gasteiger partial charge in [-0.25, -0.2) is 9.18 Å². The van der Waals surface area contributed by atoms with Crippen molar-refractivity contribution in [2.24, 2.45) is 0 Å². The van der Waals surface area contributed by atoms with Crippen molar-refractivity contribution >= 4 is 33.5 Å². The van der Waals surface area contributed by atoms with E-state index in [0.717, 1.165) is 10.0 Å². The van der Waals surface area contributed by atoms with E-state index in [0.29, 0.717) is 11.3 Å². The minimum Gasteiger partial charge on any atom is -0.467 e. The summed E-state index contributed by atoms with van der Waals surface area (Å²) in [4.78, 5) is 24.6. The van der Waals surface area contributed by atoms with Crippen LogP contribution in [-0.4, -0.2) is 25.5 Å². The molecule has 1 amide bonds. The Hall–Kier alpha value is -2.25. The second-order valence-corrected chi connectivity index (χ2v) is 6.90.